The van der Waals surface area contributed by atoms with E-state index in [2.05, 4.69) is 0 Å². The second-order valence-corrected chi connectivity index (χ2v) is 14.4. The molecule has 0 radical (unpaired) electrons. The Morgan fingerprint density at radius 3 is 2.37 bits per heavy atom. The number of ether oxygens (including phenoxy) is 5. The van der Waals surface area contributed by atoms with Gasteiger partial charge < -0.3 is 28.1 Å². The SMILES string of the molecule is CCOC(=O)/C=C/COc1c2c(cc3oc4cc(OCc5ccc(S(C)(=O)=O)cc5)c(OC)c(CC=C(C)C)c4c(=O)c13)OC(C)(C)C=C2. The van der Waals surface area contributed by atoms with E-state index in [-0.39, 0.29) is 52.4 Å². The molecule has 0 spiro atoms. The zero-order chi connectivity index (χ0) is 35.5. The molecule has 258 valence electrons. The number of allylic oxidation sites excluding steroid dienone is 2. The summed E-state index contributed by atoms with van der Waals surface area (Å²) >= 11 is 0. The van der Waals surface area contributed by atoms with Crippen molar-refractivity contribution in [2.75, 3.05) is 26.6 Å². The lowest BCUT2D eigenvalue weighted by atomic mass is 9.97. The molecule has 49 heavy (non-hydrogen) atoms. The van der Waals surface area contributed by atoms with Gasteiger partial charge in [0.2, 0.25) is 5.43 Å². The standard InChI is InChI=1S/C38H40O10S/c1-8-44-32(39)10-9-19-45-37-26-17-18-38(4,5)48-28(26)20-30-34(37)35(40)33-27(16-11-23(2)3)36(43-6)31(21-29(33)47-30)46-22-24-12-14-25(15-13-24)49(7,41)42/h9-15,17-18,20-21H,8,16,19,22H2,1-7H3/b10-9+. The summed E-state index contributed by atoms with van der Waals surface area (Å²) in [6.45, 7) is 9.80. The molecule has 1 aliphatic heterocycles. The summed E-state index contributed by atoms with van der Waals surface area (Å²) < 4.78 is 59.8. The fourth-order valence-electron chi connectivity index (χ4n) is 5.45. The fraction of sp³-hybridized carbons (Fsp3) is 0.316. The Balaban J connectivity index is 1.69. The molecule has 1 aromatic heterocycles. The number of methoxy groups -OCH3 is 1. The van der Waals surface area contributed by atoms with E-state index in [1.54, 1.807) is 31.2 Å². The predicted molar refractivity (Wildman–Crippen MR) is 189 cm³/mol. The Hall–Kier alpha value is -5.03. The van der Waals surface area contributed by atoms with Gasteiger partial charge in [-0.25, -0.2) is 13.2 Å². The van der Waals surface area contributed by atoms with Crippen LogP contribution in [0.25, 0.3) is 28.0 Å². The molecule has 0 aliphatic carbocycles. The molecule has 0 bridgehead atoms. The van der Waals surface area contributed by atoms with Crippen LogP contribution in [0.4, 0.5) is 0 Å². The van der Waals surface area contributed by atoms with Gasteiger partial charge in [-0.15, -0.1) is 0 Å². The number of carbonyl (C=O) groups is 1. The Kier molecular flexibility index (Phi) is 10.2. The molecule has 2 heterocycles. The van der Waals surface area contributed by atoms with Crippen molar-refractivity contribution in [3.05, 3.63) is 93.2 Å². The van der Waals surface area contributed by atoms with Crippen molar-refractivity contribution >= 4 is 43.8 Å². The molecule has 0 fully saturated rings. The first-order valence-electron chi connectivity index (χ1n) is 15.8. The molecule has 3 aromatic carbocycles. The van der Waals surface area contributed by atoms with Gasteiger partial charge >= 0.3 is 5.97 Å². The monoisotopic (exact) mass is 688 g/mol. The van der Waals surface area contributed by atoms with Crippen LogP contribution in [0.3, 0.4) is 0 Å². The Labute approximate surface area is 285 Å². The molecule has 0 unspecified atom stereocenters. The number of fused-ring (bicyclic) bond motifs is 3. The minimum atomic E-state index is -3.34. The van der Waals surface area contributed by atoms with Crippen LogP contribution in [0.2, 0.25) is 0 Å². The minimum Gasteiger partial charge on any atom is -0.493 e. The van der Waals surface area contributed by atoms with Gasteiger partial charge in [0.15, 0.2) is 21.3 Å². The minimum absolute atomic E-state index is 0.0229. The van der Waals surface area contributed by atoms with Gasteiger partial charge in [0.05, 0.1) is 29.6 Å². The van der Waals surface area contributed by atoms with Gasteiger partial charge in [-0.3, -0.25) is 4.79 Å². The highest BCUT2D eigenvalue weighted by Gasteiger charge is 2.29. The topological polar surface area (TPSA) is 128 Å². The van der Waals surface area contributed by atoms with Crippen molar-refractivity contribution in [1.29, 1.82) is 0 Å². The summed E-state index contributed by atoms with van der Waals surface area (Å²) in [4.78, 5) is 26.7. The molecule has 1 aliphatic rings. The van der Waals surface area contributed by atoms with Gasteiger partial charge in [0, 0.05) is 30.0 Å². The molecule has 5 rings (SSSR count). The molecule has 11 heteroatoms. The maximum atomic E-state index is 14.6. The Morgan fingerprint density at radius 1 is 1.00 bits per heavy atom. The molecular weight excluding hydrogens is 648 g/mol. The second-order valence-electron chi connectivity index (χ2n) is 12.4. The summed E-state index contributed by atoms with van der Waals surface area (Å²) in [5.41, 5.74) is 2.47. The van der Waals surface area contributed by atoms with E-state index in [9.17, 15) is 18.0 Å². The van der Waals surface area contributed by atoms with Crippen molar-refractivity contribution in [3.8, 4) is 23.0 Å². The smallest absolute Gasteiger partial charge is 0.330 e. The average molecular weight is 689 g/mol. The van der Waals surface area contributed by atoms with Crippen molar-refractivity contribution in [1.82, 2.24) is 0 Å². The molecule has 0 atom stereocenters. The van der Waals surface area contributed by atoms with Gasteiger partial charge in [-0.05, 0) is 77.0 Å². The van der Waals surface area contributed by atoms with E-state index in [0.29, 0.717) is 40.2 Å². The highest BCUT2D eigenvalue weighted by atomic mass is 32.2. The van der Waals surface area contributed by atoms with E-state index >= 15 is 0 Å². The number of esters is 1. The van der Waals surface area contributed by atoms with Crippen LogP contribution in [0.15, 0.2) is 80.4 Å². The molecule has 0 N–H and O–H groups in total. The van der Waals surface area contributed by atoms with Crippen molar-refractivity contribution in [2.45, 2.75) is 58.1 Å². The van der Waals surface area contributed by atoms with Crippen LogP contribution in [0.1, 0.15) is 51.3 Å². The van der Waals surface area contributed by atoms with Crippen LogP contribution < -0.4 is 24.4 Å². The molecule has 0 amide bonds. The van der Waals surface area contributed by atoms with Crippen molar-refractivity contribution in [3.63, 3.8) is 0 Å². The highest BCUT2D eigenvalue weighted by molar-refractivity contribution is 7.90. The number of hydrogen-bond acceptors (Lipinski definition) is 10. The number of hydrogen-bond donors (Lipinski definition) is 0. The van der Waals surface area contributed by atoms with E-state index in [1.807, 2.05) is 45.9 Å². The zero-order valence-corrected chi connectivity index (χ0v) is 29.5. The van der Waals surface area contributed by atoms with Crippen molar-refractivity contribution < 1.29 is 41.3 Å². The lowest BCUT2D eigenvalue weighted by Gasteiger charge is -2.29. The van der Waals surface area contributed by atoms with Gasteiger partial charge in [-0.1, -0.05) is 23.8 Å². The summed E-state index contributed by atoms with van der Waals surface area (Å²) in [6, 6.07) is 9.74. The summed E-state index contributed by atoms with van der Waals surface area (Å²) in [7, 11) is -1.83. The van der Waals surface area contributed by atoms with Crippen LogP contribution in [0, 0.1) is 0 Å². The molecule has 0 saturated heterocycles. The Morgan fingerprint density at radius 2 is 1.71 bits per heavy atom. The van der Waals surface area contributed by atoms with Gasteiger partial charge in [-0.2, -0.15) is 0 Å². The van der Waals surface area contributed by atoms with E-state index in [1.165, 1.54) is 31.4 Å². The molecule has 0 saturated carbocycles. The zero-order valence-electron chi connectivity index (χ0n) is 28.7. The molecular formula is C38H40O10S. The normalized spacial score (nSPS) is 13.6. The average Bonchev–Trinajstić information content (AvgIpc) is 3.03. The fourth-order valence-corrected chi connectivity index (χ4v) is 6.08. The second kappa shape index (κ2) is 14.2. The predicted octanol–water partition coefficient (Wildman–Crippen LogP) is 7.13. The third kappa shape index (κ3) is 7.83. The summed E-state index contributed by atoms with van der Waals surface area (Å²) in [5.74, 6) is 0.946. The molecule has 4 aromatic rings. The first kappa shape index (κ1) is 35.3. The van der Waals surface area contributed by atoms with E-state index < -0.39 is 21.4 Å². The van der Waals surface area contributed by atoms with Crippen LogP contribution in [-0.4, -0.2) is 46.6 Å². The number of benzene rings is 3. The lowest BCUT2D eigenvalue weighted by molar-refractivity contribution is -0.137. The van der Waals surface area contributed by atoms with E-state index in [0.717, 1.165) is 17.4 Å². The lowest BCUT2D eigenvalue weighted by Crippen LogP contribution is -2.27. The number of sulfone groups is 1. The maximum Gasteiger partial charge on any atom is 0.330 e. The van der Waals surface area contributed by atoms with Gasteiger partial charge in [0.1, 0.15) is 46.9 Å². The van der Waals surface area contributed by atoms with E-state index in [4.69, 9.17) is 28.1 Å². The number of carbonyl (C=O) groups excluding carboxylic acids is 1. The first-order valence-corrected chi connectivity index (χ1v) is 17.7. The first-order chi connectivity index (χ1) is 23.2. The Bertz CT molecular complexity index is 2170. The van der Waals surface area contributed by atoms with Crippen LogP contribution in [0.5, 0.6) is 23.0 Å². The molecule has 10 nitrogen and oxygen atoms in total. The largest absolute Gasteiger partial charge is 0.493 e. The highest BCUT2D eigenvalue weighted by Crippen LogP contribution is 2.44. The van der Waals surface area contributed by atoms with Crippen LogP contribution >= 0.6 is 0 Å². The third-order valence-electron chi connectivity index (χ3n) is 7.78. The summed E-state index contributed by atoms with van der Waals surface area (Å²) in [5, 5.41) is 0.517. The van der Waals surface area contributed by atoms with Gasteiger partial charge in [0.25, 0.3) is 0 Å². The quantitative estimate of drug-likeness (QED) is 0.0657. The number of rotatable bonds is 12. The summed E-state index contributed by atoms with van der Waals surface area (Å²) in [6.07, 6.45) is 10.0. The van der Waals surface area contributed by atoms with Crippen LogP contribution in [-0.2, 0) is 32.4 Å². The van der Waals surface area contributed by atoms with Crippen molar-refractivity contribution in [2.24, 2.45) is 0 Å². The third-order valence-corrected chi connectivity index (χ3v) is 8.91. The maximum absolute atomic E-state index is 14.6.